The fraction of sp³-hybridized carbons (Fsp3) is 0.588. The first-order valence-electron chi connectivity index (χ1n) is 7.12. The van der Waals surface area contributed by atoms with Crippen molar-refractivity contribution in [3.63, 3.8) is 0 Å². The van der Waals surface area contributed by atoms with Gasteiger partial charge in [-0.25, -0.2) is 0 Å². The third-order valence-electron chi connectivity index (χ3n) is 3.92. The molecule has 0 radical (unpaired) electrons. The van der Waals surface area contributed by atoms with E-state index >= 15 is 0 Å². The lowest BCUT2D eigenvalue weighted by Gasteiger charge is -2.20. The highest BCUT2D eigenvalue weighted by molar-refractivity contribution is 5.36. The topological polar surface area (TPSA) is 27.0 Å². The second kappa shape index (κ2) is 7.31. The maximum absolute atomic E-state index is 8.99. The van der Waals surface area contributed by atoms with Crippen LogP contribution in [0.4, 0.5) is 0 Å². The van der Waals surface area contributed by atoms with Gasteiger partial charge in [0.25, 0.3) is 0 Å². The molecule has 0 bridgehead atoms. The van der Waals surface area contributed by atoms with Gasteiger partial charge in [0, 0.05) is 13.1 Å². The second-order valence-corrected chi connectivity index (χ2v) is 5.61. The normalized spacial score (nSPS) is 12.5. The zero-order valence-corrected chi connectivity index (χ0v) is 13.0. The average Bonchev–Trinajstić information content (AvgIpc) is 2.38. The molecule has 0 aliphatic rings. The predicted molar refractivity (Wildman–Crippen MR) is 81.2 cm³/mol. The summed E-state index contributed by atoms with van der Waals surface area (Å²) >= 11 is 0. The van der Waals surface area contributed by atoms with Gasteiger partial charge >= 0.3 is 0 Å². The summed E-state index contributed by atoms with van der Waals surface area (Å²) in [6, 6.07) is 6.95. The first kappa shape index (κ1) is 15.7. The summed E-state index contributed by atoms with van der Waals surface area (Å²) in [7, 11) is 2.11. The smallest absolute Gasteiger partial charge is 0.0669 e. The largest absolute Gasteiger partial charge is 0.305 e. The van der Waals surface area contributed by atoms with E-state index in [1.54, 1.807) is 0 Å². The van der Waals surface area contributed by atoms with Gasteiger partial charge in [-0.2, -0.15) is 5.26 Å². The lowest BCUT2D eigenvalue weighted by molar-refractivity contribution is 0.303. The molecule has 0 heterocycles. The Kier molecular flexibility index (Phi) is 6.05. The fourth-order valence-corrected chi connectivity index (χ4v) is 2.33. The van der Waals surface area contributed by atoms with Crippen LogP contribution < -0.4 is 0 Å². The van der Waals surface area contributed by atoms with Crippen molar-refractivity contribution in [3.05, 3.63) is 34.4 Å². The van der Waals surface area contributed by atoms with E-state index in [0.717, 1.165) is 25.9 Å². The van der Waals surface area contributed by atoms with Gasteiger partial charge in [0.1, 0.15) is 0 Å². The molecule has 1 unspecified atom stereocenters. The Morgan fingerprint density at radius 2 is 1.79 bits per heavy atom. The highest BCUT2D eigenvalue weighted by Crippen LogP contribution is 2.16. The zero-order valence-electron chi connectivity index (χ0n) is 13.0. The van der Waals surface area contributed by atoms with Crippen LogP contribution in [0.1, 0.15) is 35.6 Å². The van der Waals surface area contributed by atoms with E-state index in [9.17, 15) is 0 Å². The Balaban J connectivity index is 2.58. The Morgan fingerprint density at radius 1 is 1.16 bits per heavy atom. The van der Waals surface area contributed by atoms with Crippen molar-refractivity contribution in [2.45, 2.75) is 40.5 Å². The molecule has 19 heavy (non-hydrogen) atoms. The van der Waals surface area contributed by atoms with Gasteiger partial charge in [-0.15, -0.1) is 0 Å². The molecule has 0 aliphatic carbocycles. The number of nitrogens with zero attached hydrogens (tertiary/aromatic N) is 2. The van der Waals surface area contributed by atoms with Gasteiger partial charge in [-0.05, 0) is 62.9 Å². The number of benzene rings is 1. The van der Waals surface area contributed by atoms with Gasteiger partial charge in [-0.1, -0.05) is 19.1 Å². The van der Waals surface area contributed by atoms with E-state index in [2.05, 4.69) is 57.8 Å². The van der Waals surface area contributed by atoms with E-state index < -0.39 is 0 Å². The number of aryl methyl sites for hydroxylation is 3. The Hall–Kier alpha value is -1.33. The molecule has 0 saturated carbocycles. The molecule has 0 fully saturated rings. The number of hydrogen-bond acceptors (Lipinski definition) is 2. The van der Waals surface area contributed by atoms with Gasteiger partial charge in [0.15, 0.2) is 0 Å². The first-order valence-corrected chi connectivity index (χ1v) is 7.12. The van der Waals surface area contributed by atoms with Crippen molar-refractivity contribution in [3.8, 4) is 6.07 Å². The van der Waals surface area contributed by atoms with Crippen LogP contribution in [0.2, 0.25) is 0 Å². The molecule has 0 aliphatic heterocycles. The second-order valence-electron chi connectivity index (χ2n) is 5.61. The van der Waals surface area contributed by atoms with E-state index in [1.807, 2.05) is 0 Å². The summed E-state index contributed by atoms with van der Waals surface area (Å²) in [6.45, 7) is 10.5. The van der Waals surface area contributed by atoms with Crippen LogP contribution in [0.5, 0.6) is 0 Å². The SMILES string of the molecule is CCC(C#N)CN(C)CCc1cc(C)c(C)cc1C. The van der Waals surface area contributed by atoms with Crippen molar-refractivity contribution >= 4 is 0 Å². The van der Waals surface area contributed by atoms with E-state index in [1.165, 1.54) is 22.3 Å². The Morgan fingerprint density at radius 3 is 2.37 bits per heavy atom. The quantitative estimate of drug-likeness (QED) is 0.779. The number of nitriles is 1. The fourth-order valence-electron chi connectivity index (χ4n) is 2.33. The summed E-state index contributed by atoms with van der Waals surface area (Å²) in [5.74, 6) is 0.158. The standard InChI is InChI=1S/C17H26N2/c1-6-16(11-18)12-19(5)8-7-17-10-14(3)13(2)9-15(17)4/h9-10,16H,6-8,12H2,1-5H3. The molecule has 1 aromatic carbocycles. The van der Waals surface area contributed by atoms with Crippen molar-refractivity contribution in [1.82, 2.24) is 4.90 Å². The van der Waals surface area contributed by atoms with E-state index in [0.29, 0.717) is 0 Å². The van der Waals surface area contributed by atoms with Crippen LogP contribution in [0.3, 0.4) is 0 Å². The first-order chi connectivity index (χ1) is 8.97. The minimum atomic E-state index is 0.158. The maximum Gasteiger partial charge on any atom is 0.0669 e. The maximum atomic E-state index is 8.99. The number of likely N-dealkylation sites (N-methyl/N-ethyl adjacent to an activating group) is 1. The molecule has 0 amide bonds. The van der Waals surface area contributed by atoms with Crippen LogP contribution in [-0.2, 0) is 6.42 Å². The van der Waals surface area contributed by atoms with Crippen LogP contribution in [0, 0.1) is 38.0 Å². The van der Waals surface area contributed by atoms with Gasteiger partial charge < -0.3 is 4.90 Å². The third-order valence-corrected chi connectivity index (χ3v) is 3.92. The molecule has 2 nitrogen and oxygen atoms in total. The highest BCUT2D eigenvalue weighted by Gasteiger charge is 2.09. The van der Waals surface area contributed by atoms with Crippen molar-refractivity contribution in [2.75, 3.05) is 20.1 Å². The molecular weight excluding hydrogens is 232 g/mol. The van der Waals surface area contributed by atoms with Crippen LogP contribution in [-0.4, -0.2) is 25.0 Å². The Labute approximate surface area is 118 Å². The Bertz CT molecular complexity index is 457. The third kappa shape index (κ3) is 4.69. The number of rotatable bonds is 6. The molecule has 0 spiro atoms. The van der Waals surface area contributed by atoms with Crippen molar-refractivity contribution in [1.29, 1.82) is 5.26 Å². The summed E-state index contributed by atoms with van der Waals surface area (Å²) in [5, 5.41) is 8.99. The van der Waals surface area contributed by atoms with Gasteiger partial charge in [-0.3, -0.25) is 0 Å². The van der Waals surface area contributed by atoms with Gasteiger partial charge in [0.2, 0.25) is 0 Å². The minimum Gasteiger partial charge on any atom is -0.305 e. The zero-order chi connectivity index (χ0) is 14.4. The number of hydrogen-bond donors (Lipinski definition) is 0. The lowest BCUT2D eigenvalue weighted by Crippen LogP contribution is -2.27. The molecule has 0 saturated heterocycles. The summed E-state index contributed by atoms with van der Waals surface area (Å²) in [6.07, 6.45) is 1.99. The summed E-state index contributed by atoms with van der Waals surface area (Å²) < 4.78 is 0. The molecule has 0 aromatic heterocycles. The summed E-state index contributed by atoms with van der Waals surface area (Å²) in [4.78, 5) is 2.27. The lowest BCUT2D eigenvalue weighted by atomic mass is 9.98. The van der Waals surface area contributed by atoms with Crippen LogP contribution in [0.25, 0.3) is 0 Å². The monoisotopic (exact) mass is 258 g/mol. The average molecular weight is 258 g/mol. The van der Waals surface area contributed by atoms with Crippen molar-refractivity contribution in [2.24, 2.45) is 5.92 Å². The molecule has 1 rings (SSSR count). The van der Waals surface area contributed by atoms with Gasteiger partial charge in [0.05, 0.1) is 12.0 Å². The molecule has 1 aromatic rings. The van der Waals surface area contributed by atoms with Crippen LogP contribution in [0.15, 0.2) is 12.1 Å². The van der Waals surface area contributed by atoms with Crippen molar-refractivity contribution < 1.29 is 0 Å². The predicted octanol–water partition coefficient (Wildman–Crippen LogP) is 3.64. The molecule has 0 N–H and O–H groups in total. The van der Waals surface area contributed by atoms with Crippen LogP contribution >= 0.6 is 0 Å². The highest BCUT2D eigenvalue weighted by atomic mass is 15.1. The summed E-state index contributed by atoms with van der Waals surface area (Å²) in [5.41, 5.74) is 5.54. The molecule has 2 heteroatoms. The molecule has 104 valence electrons. The molecular formula is C17H26N2. The molecule has 1 atom stereocenters. The van der Waals surface area contributed by atoms with E-state index in [-0.39, 0.29) is 5.92 Å². The minimum absolute atomic E-state index is 0.158. The van der Waals surface area contributed by atoms with E-state index in [4.69, 9.17) is 5.26 Å².